The van der Waals surface area contributed by atoms with Gasteiger partial charge in [0.15, 0.2) is 0 Å². The fourth-order valence-corrected chi connectivity index (χ4v) is 3.63. The first-order valence-electron chi connectivity index (χ1n) is 9.23. The van der Waals surface area contributed by atoms with E-state index < -0.39 is 11.9 Å². The Morgan fingerprint density at radius 3 is 2.48 bits per heavy atom. The van der Waals surface area contributed by atoms with Crippen molar-refractivity contribution in [2.75, 3.05) is 39.4 Å². The van der Waals surface area contributed by atoms with E-state index >= 15 is 0 Å². The van der Waals surface area contributed by atoms with Gasteiger partial charge in [0.25, 0.3) is 5.91 Å². The molecule has 2 N–H and O–H groups in total. The first-order valence-corrected chi connectivity index (χ1v) is 9.23. The second kappa shape index (κ2) is 10.0. The van der Waals surface area contributed by atoms with E-state index in [2.05, 4.69) is 0 Å². The summed E-state index contributed by atoms with van der Waals surface area (Å²) in [5.74, 6) is -0.515. The van der Waals surface area contributed by atoms with Crippen molar-refractivity contribution in [3.63, 3.8) is 0 Å². The summed E-state index contributed by atoms with van der Waals surface area (Å²) in [6.45, 7) is 3.33. The zero-order valence-corrected chi connectivity index (χ0v) is 16.1. The maximum absolute atomic E-state index is 13.4. The van der Waals surface area contributed by atoms with Gasteiger partial charge in [-0.3, -0.25) is 9.59 Å². The number of nitrogens with two attached hydrogens (primary N) is 1. The minimum atomic E-state index is -0.510. The van der Waals surface area contributed by atoms with E-state index in [1.807, 2.05) is 0 Å². The molecule has 1 unspecified atom stereocenters. The number of amides is 2. The molecule has 0 aliphatic carbocycles. The van der Waals surface area contributed by atoms with Crippen molar-refractivity contribution in [2.24, 2.45) is 11.7 Å². The van der Waals surface area contributed by atoms with Crippen LogP contribution in [0.15, 0.2) is 24.3 Å². The predicted octanol–water partition coefficient (Wildman–Crippen LogP) is 1.68. The highest BCUT2D eigenvalue weighted by Crippen LogP contribution is 2.20. The van der Waals surface area contributed by atoms with Crippen molar-refractivity contribution in [3.8, 4) is 0 Å². The Kier molecular flexibility index (Phi) is 8.01. The fraction of sp³-hybridized carbons (Fsp3) is 0.579. The maximum atomic E-state index is 13.4. The third-order valence-electron chi connectivity index (χ3n) is 5.23. The second-order valence-electron chi connectivity index (χ2n) is 6.96. The van der Waals surface area contributed by atoms with Crippen LogP contribution in [0.1, 0.15) is 29.6 Å². The van der Waals surface area contributed by atoms with Gasteiger partial charge in [-0.2, -0.15) is 0 Å². The summed E-state index contributed by atoms with van der Waals surface area (Å²) < 4.78 is 18.7. The lowest BCUT2D eigenvalue weighted by atomic mass is 9.91. The summed E-state index contributed by atoms with van der Waals surface area (Å²) in [6, 6.07) is 5.20. The molecule has 6 nitrogen and oxygen atoms in total. The maximum Gasteiger partial charge on any atom is 0.254 e. The van der Waals surface area contributed by atoms with Crippen LogP contribution in [-0.4, -0.2) is 67.0 Å². The van der Waals surface area contributed by atoms with E-state index in [4.69, 9.17) is 10.5 Å². The normalized spacial score (nSPS) is 19.8. The van der Waals surface area contributed by atoms with Crippen LogP contribution < -0.4 is 5.73 Å². The van der Waals surface area contributed by atoms with Gasteiger partial charge < -0.3 is 20.3 Å². The fourth-order valence-electron chi connectivity index (χ4n) is 3.63. The van der Waals surface area contributed by atoms with Gasteiger partial charge in [-0.25, -0.2) is 4.39 Å². The van der Waals surface area contributed by atoms with Crippen molar-refractivity contribution >= 4 is 24.2 Å². The molecular formula is C19H27ClFN3O3. The zero-order valence-electron chi connectivity index (χ0n) is 15.3. The molecule has 27 heavy (non-hydrogen) atoms. The molecule has 2 saturated heterocycles. The summed E-state index contributed by atoms with van der Waals surface area (Å²) >= 11 is 0. The largest absolute Gasteiger partial charge is 0.381 e. The molecule has 1 atom stereocenters. The van der Waals surface area contributed by atoms with Gasteiger partial charge in [-0.15, -0.1) is 12.4 Å². The molecule has 0 spiro atoms. The minimum absolute atomic E-state index is 0. The molecule has 8 heteroatoms. The Labute approximate surface area is 165 Å². The Morgan fingerprint density at radius 2 is 1.78 bits per heavy atom. The van der Waals surface area contributed by atoms with Crippen LogP contribution in [-0.2, 0) is 9.53 Å². The van der Waals surface area contributed by atoms with E-state index in [9.17, 15) is 14.0 Å². The highest BCUT2D eigenvalue weighted by Gasteiger charge is 2.31. The third-order valence-corrected chi connectivity index (χ3v) is 5.23. The van der Waals surface area contributed by atoms with E-state index in [0.29, 0.717) is 51.4 Å². The SMILES string of the molecule is Cl.NC(C(=O)N1CCCN(C(=O)c2cccc(F)c2)CC1)C1CCOCC1. The Balaban J connectivity index is 0.00000261. The summed E-state index contributed by atoms with van der Waals surface area (Å²) in [5.41, 5.74) is 6.54. The molecule has 0 radical (unpaired) electrons. The third kappa shape index (κ3) is 5.40. The number of hydrogen-bond acceptors (Lipinski definition) is 4. The number of hydrogen-bond donors (Lipinski definition) is 1. The number of ether oxygens (including phenoxy) is 1. The van der Waals surface area contributed by atoms with Gasteiger partial charge in [0, 0.05) is 45.0 Å². The van der Waals surface area contributed by atoms with Crippen molar-refractivity contribution < 1.29 is 18.7 Å². The molecule has 1 aromatic carbocycles. The average molecular weight is 400 g/mol. The number of halogens is 2. The van der Waals surface area contributed by atoms with Crippen molar-refractivity contribution in [1.82, 2.24) is 9.80 Å². The zero-order chi connectivity index (χ0) is 18.5. The van der Waals surface area contributed by atoms with E-state index in [1.165, 1.54) is 18.2 Å². The molecule has 2 heterocycles. The standard InChI is InChI=1S/C19H26FN3O3.ClH/c20-16-4-1-3-15(13-16)18(24)22-7-2-8-23(10-9-22)19(25)17(21)14-5-11-26-12-6-14;/h1,3-4,13-14,17H,2,5-12,21H2;1H. The van der Waals surface area contributed by atoms with Gasteiger partial charge in [0.1, 0.15) is 5.82 Å². The lowest BCUT2D eigenvalue weighted by Crippen LogP contribution is -2.50. The van der Waals surface area contributed by atoms with Crippen LogP contribution in [0.5, 0.6) is 0 Å². The number of rotatable bonds is 3. The van der Waals surface area contributed by atoms with Crippen LogP contribution in [0.2, 0.25) is 0 Å². The summed E-state index contributed by atoms with van der Waals surface area (Å²) in [4.78, 5) is 28.8. The average Bonchev–Trinajstić information content (AvgIpc) is 2.93. The first kappa shape index (κ1) is 21.6. The second-order valence-corrected chi connectivity index (χ2v) is 6.96. The first-order chi connectivity index (χ1) is 12.6. The summed E-state index contributed by atoms with van der Waals surface area (Å²) in [5, 5.41) is 0. The predicted molar refractivity (Wildman–Crippen MR) is 102 cm³/mol. The molecule has 2 aliphatic rings. The van der Waals surface area contributed by atoms with Crippen LogP contribution in [0.4, 0.5) is 4.39 Å². The lowest BCUT2D eigenvalue weighted by molar-refractivity contribution is -0.134. The van der Waals surface area contributed by atoms with Crippen LogP contribution >= 0.6 is 12.4 Å². The number of carbonyl (C=O) groups is 2. The Hall–Kier alpha value is -1.70. The Morgan fingerprint density at radius 1 is 1.11 bits per heavy atom. The number of carbonyl (C=O) groups excluding carboxylic acids is 2. The number of nitrogens with zero attached hydrogens (tertiary/aromatic N) is 2. The van der Waals surface area contributed by atoms with E-state index in [0.717, 1.165) is 12.8 Å². The Bertz CT molecular complexity index is 655. The molecule has 1 aromatic rings. The molecule has 0 aromatic heterocycles. The van der Waals surface area contributed by atoms with Gasteiger partial charge in [-0.1, -0.05) is 6.07 Å². The topological polar surface area (TPSA) is 75.9 Å². The van der Waals surface area contributed by atoms with Crippen molar-refractivity contribution in [1.29, 1.82) is 0 Å². The molecular weight excluding hydrogens is 373 g/mol. The van der Waals surface area contributed by atoms with Crippen molar-refractivity contribution in [2.45, 2.75) is 25.3 Å². The summed E-state index contributed by atoms with van der Waals surface area (Å²) in [7, 11) is 0. The monoisotopic (exact) mass is 399 g/mol. The molecule has 150 valence electrons. The minimum Gasteiger partial charge on any atom is -0.381 e. The summed E-state index contributed by atoms with van der Waals surface area (Å²) in [6.07, 6.45) is 2.31. The number of benzene rings is 1. The van der Waals surface area contributed by atoms with E-state index in [-0.39, 0.29) is 30.1 Å². The lowest BCUT2D eigenvalue weighted by Gasteiger charge is -2.31. The highest BCUT2D eigenvalue weighted by atomic mass is 35.5. The van der Waals surface area contributed by atoms with Gasteiger partial charge in [0.2, 0.25) is 5.91 Å². The molecule has 2 aliphatic heterocycles. The van der Waals surface area contributed by atoms with Gasteiger partial charge in [-0.05, 0) is 43.4 Å². The van der Waals surface area contributed by atoms with Crippen molar-refractivity contribution in [3.05, 3.63) is 35.6 Å². The molecule has 0 saturated carbocycles. The van der Waals surface area contributed by atoms with Gasteiger partial charge in [0.05, 0.1) is 6.04 Å². The molecule has 3 rings (SSSR count). The molecule has 0 bridgehead atoms. The van der Waals surface area contributed by atoms with E-state index in [1.54, 1.807) is 15.9 Å². The highest BCUT2D eigenvalue weighted by molar-refractivity contribution is 5.94. The van der Waals surface area contributed by atoms with Gasteiger partial charge >= 0.3 is 0 Å². The van der Waals surface area contributed by atoms with Crippen LogP contribution in [0, 0.1) is 11.7 Å². The molecule has 2 amide bonds. The van der Waals surface area contributed by atoms with Crippen LogP contribution in [0.25, 0.3) is 0 Å². The smallest absolute Gasteiger partial charge is 0.254 e. The molecule has 2 fully saturated rings. The quantitative estimate of drug-likeness (QED) is 0.839. The van der Waals surface area contributed by atoms with Crippen LogP contribution in [0.3, 0.4) is 0 Å².